The number of furan rings is 1. The SMILES string of the molecule is Cc1[nH]c2ccc(F)cc2c1CC(=O)NC(C)CC(O)c1ccco1. The van der Waals surface area contributed by atoms with Crippen molar-refractivity contribution in [2.45, 2.75) is 38.8 Å². The summed E-state index contributed by atoms with van der Waals surface area (Å²) < 4.78 is 18.7. The molecule has 3 rings (SSSR count). The molecule has 132 valence electrons. The summed E-state index contributed by atoms with van der Waals surface area (Å²) in [5, 5.41) is 13.7. The van der Waals surface area contributed by atoms with Crippen LogP contribution in [0.3, 0.4) is 0 Å². The van der Waals surface area contributed by atoms with Crippen LogP contribution < -0.4 is 5.32 Å². The Bertz CT molecular complexity index is 870. The first kappa shape index (κ1) is 17.2. The van der Waals surface area contributed by atoms with E-state index < -0.39 is 6.10 Å². The molecule has 25 heavy (non-hydrogen) atoms. The van der Waals surface area contributed by atoms with Gasteiger partial charge in [0, 0.05) is 29.1 Å². The van der Waals surface area contributed by atoms with Crippen molar-refractivity contribution < 1.29 is 18.7 Å². The third-order valence-corrected chi connectivity index (χ3v) is 4.27. The number of H-pyrrole nitrogens is 1. The van der Waals surface area contributed by atoms with Crippen LogP contribution in [0.5, 0.6) is 0 Å². The Morgan fingerprint density at radius 2 is 2.20 bits per heavy atom. The lowest BCUT2D eigenvalue weighted by Gasteiger charge is -2.16. The normalized spacial score (nSPS) is 13.8. The second-order valence-electron chi connectivity index (χ2n) is 6.33. The number of carbonyl (C=O) groups is 1. The number of amides is 1. The third kappa shape index (κ3) is 3.91. The van der Waals surface area contributed by atoms with Gasteiger partial charge in [0.1, 0.15) is 17.7 Å². The summed E-state index contributed by atoms with van der Waals surface area (Å²) in [6.07, 6.45) is 1.23. The van der Waals surface area contributed by atoms with Gasteiger partial charge in [-0.05, 0) is 49.7 Å². The number of nitrogens with one attached hydrogen (secondary N) is 2. The summed E-state index contributed by atoms with van der Waals surface area (Å²) in [4.78, 5) is 15.5. The predicted molar refractivity (Wildman–Crippen MR) is 92.6 cm³/mol. The van der Waals surface area contributed by atoms with Crippen LogP contribution in [-0.2, 0) is 11.2 Å². The van der Waals surface area contributed by atoms with Gasteiger partial charge in [-0.25, -0.2) is 4.39 Å². The molecule has 2 unspecified atom stereocenters. The maximum Gasteiger partial charge on any atom is 0.224 e. The average molecular weight is 344 g/mol. The number of hydrogen-bond donors (Lipinski definition) is 3. The van der Waals surface area contributed by atoms with Crippen LogP contribution in [-0.4, -0.2) is 22.0 Å². The first-order valence-electron chi connectivity index (χ1n) is 8.21. The molecule has 2 aromatic heterocycles. The number of aromatic nitrogens is 1. The summed E-state index contributed by atoms with van der Waals surface area (Å²) in [5.74, 6) is -0.0282. The highest BCUT2D eigenvalue weighted by Crippen LogP contribution is 2.24. The molecule has 6 heteroatoms. The minimum absolute atomic E-state index is 0.149. The molecular formula is C19H21FN2O3. The number of aromatic amines is 1. The molecule has 0 radical (unpaired) electrons. The number of halogens is 1. The third-order valence-electron chi connectivity index (χ3n) is 4.27. The maximum atomic E-state index is 13.5. The van der Waals surface area contributed by atoms with Crippen molar-refractivity contribution in [3.8, 4) is 0 Å². The lowest BCUT2D eigenvalue weighted by molar-refractivity contribution is -0.121. The minimum Gasteiger partial charge on any atom is -0.467 e. The molecule has 1 aromatic carbocycles. The summed E-state index contributed by atoms with van der Waals surface area (Å²) in [5.41, 5.74) is 2.44. The number of hydrogen-bond acceptors (Lipinski definition) is 3. The van der Waals surface area contributed by atoms with E-state index in [1.54, 1.807) is 18.2 Å². The van der Waals surface area contributed by atoms with Gasteiger partial charge in [0.25, 0.3) is 0 Å². The van der Waals surface area contributed by atoms with E-state index in [1.165, 1.54) is 18.4 Å². The Morgan fingerprint density at radius 3 is 2.92 bits per heavy atom. The fourth-order valence-electron chi connectivity index (χ4n) is 3.06. The van der Waals surface area contributed by atoms with Crippen molar-refractivity contribution in [1.82, 2.24) is 10.3 Å². The average Bonchev–Trinajstić information content (AvgIpc) is 3.17. The van der Waals surface area contributed by atoms with Crippen molar-refractivity contribution in [3.05, 3.63) is 59.4 Å². The quantitative estimate of drug-likeness (QED) is 0.641. The highest BCUT2D eigenvalue weighted by atomic mass is 19.1. The van der Waals surface area contributed by atoms with E-state index >= 15 is 0 Å². The molecule has 2 heterocycles. The van der Waals surface area contributed by atoms with Crippen LogP contribution >= 0.6 is 0 Å². The molecule has 0 spiro atoms. The second kappa shape index (κ2) is 7.11. The van der Waals surface area contributed by atoms with E-state index in [1.807, 2.05) is 13.8 Å². The first-order chi connectivity index (χ1) is 11.9. The number of aliphatic hydroxyl groups is 1. The van der Waals surface area contributed by atoms with Crippen molar-refractivity contribution in [3.63, 3.8) is 0 Å². The van der Waals surface area contributed by atoms with Crippen LogP contribution in [0.4, 0.5) is 4.39 Å². The molecule has 0 fully saturated rings. The van der Waals surface area contributed by atoms with E-state index in [-0.39, 0.29) is 24.2 Å². The highest BCUT2D eigenvalue weighted by molar-refractivity contribution is 5.90. The van der Waals surface area contributed by atoms with E-state index in [9.17, 15) is 14.3 Å². The molecule has 2 atom stereocenters. The van der Waals surface area contributed by atoms with Gasteiger partial charge >= 0.3 is 0 Å². The van der Waals surface area contributed by atoms with E-state index in [0.29, 0.717) is 12.2 Å². The van der Waals surface area contributed by atoms with E-state index in [0.717, 1.165) is 22.2 Å². The number of fused-ring (bicyclic) bond motifs is 1. The molecule has 0 aliphatic heterocycles. The Balaban J connectivity index is 1.64. The number of aryl methyl sites for hydroxylation is 1. The largest absolute Gasteiger partial charge is 0.467 e. The van der Waals surface area contributed by atoms with Crippen LogP contribution in [0.25, 0.3) is 10.9 Å². The number of benzene rings is 1. The van der Waals surface area contributed by atoms with Crippen LogP contribution in [0.1, 0.15) is 36.5 Å². The molecule has 0 bridgehead atoms. The summed E-state index contributed by atoms with van der Waals surface area (Å²) >= 11 is 0. The van der Waals surface area contributed by atoms with Crippen LogP contribution in [0, 0.1) is 12.7 Å². The molecule has 0 aliphatic rings. The maximum absolute atomic E-state index is 13.5. The molecular weight excluding hydrogens is 323 g/mol. The van der Waals surface area contributed by atoms with Gasteiger partial charge in [-0.1, -0.05) is 0 Å². The molecule has 3 aromatic rings. The molecule has 0 saturated carbocycles. The van der Waals surface area contributed by atoms with Crippen molar-refractivity contribution >= 4 is 16.8 Å². The Morgan fingerprint density at radius 1 is 1.40 bits per heavy atom. The standard InChI is InChI=1S/C19H21FN2O3/c1-11(8-17(23)18-4-3-7-25-18)21-19(24)10-14-12(2)22-16-6-5-13(20)9-15(14)16/h3-7,9,11,17,22-23H,8,10H2,1-2H3,(H,21,24). The van der Waals surface area contributed by atoms with Crippen molar-refractivity contribution in [1.29, 1.82) is 0 Å². The molecule has 5 nitrogen and oxygen atoms in total. The zero-order valence-electron chi connectivity index (χ0n) is 14.2. The molecule has 1 amide bonds. The smallest absolute Gasteiger partial charge is 0.224 e. The van der Waals surface area contributed by atoms with Crippen LogP contribution in [0.2, 0.25) is 0 Å². The fourth-order valence-corrected chi connectivity index (χ4v) is 3.06. The van der Waals surface area contributed by atoms with Gasteiger partial charge in [0.15, 0.2) is 0 Å². The predicted octanol–water partition coefficient (Wildman–Crippen LogP) is 3.38. The van der Waals surface area contributed by atoms with E-state index in [2.05, 4.69) is 10.3 Å². The Labute approximate surface area is 144 Å². The lowest BCUT2D eigenvalue weighted by Crippen LogP contribution is -2.34. The molecule has 0 saturated heterocycles. The zero-order chi connectivity index (χ0) is 18.0. The van der Waals surface area contributed by atoms with Crippen LogP contribution in [0.15, 0.2) is 41.0 Å². The topological polar surface area (TPSA) is 78.3 Å². The fraction of sp³-hybridized carbons (Fsp3) is 0.316. The monoisotopic (exact) mass is 344 g/mol. The lowest BCUT2D eigenvalue weighted by atomic mass is 10.1. The second-order valence-corrected chi connectivity index (χ2v) is 6.33. The molecule has 3 N–H and O–H groups in total. The minimum atomic E-state index is -0.769. The number of rotatable bonds is 6. The Hall–Kier alpha value is -2.60. The zero-order valence-corrected chi connectivity index (χ0v) is 14.2. The number of aliphatic hydroxyl groups excluding tert-OH is 1. The Kier molecular flexibility index (Phi) is 4.90. The summed E-state index contributed by atoms with van der Waals surface area (Å²) in [7, 11) is 0. The van der Waals surface area contributed by atoms with E-state index in [4.69, 9.17) is 4.42 Å². The van der Waals surface area contributed by atoms with Gasteiger partial charge in [-0.3, -0.25) is 4.79 Å². The van der Waals surface area contributed by atoms with Gasteiger partial charge in [0.2, 0.25) is 5.91 Å². The summed E-state index contributed by atoms with van der Waals surface area (Å²) in [6.45, 7) is 3.69. The molecule has 0 aliphatic carbocycles. The van der Waals surface area contributed by atoms with Crippen molar-refractivity contribution in [2.24, 2.45) is 0 Å². The van der Waals surface area contributed by atoms with Gasteiger partial charge in [0.05, 0.1) is 12.7 Å². The van der Waals surface area contributed by atoms with Gasteiger partial charge in [-0.15, -0.1) is 0 Å². The first-order valence-corrected chi connectivity index (χ1v) is 8.21. The van der Waals surface area contributed by atoms with Gasteiger partial charge < -0.3 is 19.8 Å². The highest BCUT2D eigenvalue weighted by Gasteiger charge is 2.18. The number of carbonyl (C=O) groups excluding carboxylic acids is 1. The van der Waals surface area contributed by atoms with Gasteiger partial charge in [-0.2, -0.15) is 0 Å². The summed E-state index contributed by atoms with van der Waals surface area (Å²) in [6, 6.07) is 7.67. The van der Waals surface area contributed by atoms with Crippen molar-refractivity contribution in [2.75, 3.05) is 0 Å².